The van der Waals surface area contributed by atoms with Crippen molar-refractivity contribution in [1.29, 1.82) is 0 Å². The highest BCUT2D eigenvalue weighted by Gasteiger charge is 2.18. The zero-order valence-corrected chi connectivity index (χ0v) is 16.1. The van der Waals surface area contributed by atoms with E-state index in [1.54, 1.807) is 24.3 Å². The topological polar surface area (TPSA) is 82.8 Å². The maximum Gasteiger partial charge on any atom is 0.349 e. The number of hydrogen-bond donors (Lipinski definition) is 2. The van der Waals surface area contributed by atoms with Gasteiger partial charge in [0.15, 0.2) is 0 Å². The van der Waals surface area contributed by atoms with Crippen LogP contribution in [0.2, 0.25) is 0 Å². The van der Waals surface area contributed by atoms with Gasteiger partial charge in [-0.1, -0.05) is 30.3 Å². The van der Waals surface area contributed by atoms with Crippen LogP contribution in [-0.2, 0) is 6.54 Å². The Kier molecular flexibility index (Phi) is 5.62. The van der Waals surface area contributed by atoms with E-state index in [-0.39, 0.29) is 12.2 Å². The molecule has 1 aliphatic rings. The average molecular weight is 392 g/mol. The molecule has 0 aliphatic carbocycles. The number of hydrogen-bond acceptors (Lipinski definition) is 5. The fraction of sp³-hybridized carbons (Fsp3) is 0.304. The largest absolute Gasteiger partial charge is 0.422 e. The van der Waals surface area contributed by atoms with Crippen LogP contribution in [0.25, 0.3) is 11.0 Å². The third kappa shape index (κ3) is 4.32. The lowest BCUT2D eigenvalue weighted by Gasteiger charge is -2.33. The van der Waals surface area contributed by atoms with Crippen LogP contribution < -0.4 is 15.8 Å². The van der Waals surface area contributed by atoms with Crippen LogP contribution in [0.15, 0.2) is 63.8 Å². The monoisotopic (exact) mass is 392 g/mol. The molecule has 0 unspecified atom stereocenters. The third-order valence-electron chi connectivity index (χ3n) is 5.51. The summed E-state index contributed by atoms with van der Waals surface area (Å²) in [6.45, 7) is 2.48. The highest BCUT2D eigenvalue weighted by atomic mass is 16.4. The van der Waals surface area contributed by atoms with Crippen LogP contribution in [-0.4, -0.2) is 30.7 Å². The molecular formula is C23H24N2O4. The molecule has 1 aromatic heterocycles. The molecule has 3 aromatic rings. The Morgan fingerprint density at radius 3 is 2.55 bits per heavy atom. The van der Waals surface area contributed by atoms with Crippen molar-refractivity contribution in [1.82, 2.24) is 5.32 Å². The van der Waals surface area contributed by atoms with Gasteiger partial charge >= 0.3 is 5.63 Å². The standard InChI is InChI=1S/C23H24N2O4/c26-15-17-9-11-25(12-10-17)19-7-5-16(6-8-19)14-24-22(27)20-13-18-3-1-2-4-21(18)29-23(20)28/h1-8,13,17,26H,9-12,14-15H2,(H,24,27). The Morgan fingerprint density at radius 2 is 1.83 bits per heavy atom. The molecule has 4 rings (SSSR count). The van der Waals surface area contributed by atoms with Gasteiger partial charge in [-0.15, -0.1) is 0 Å². The number of anilines is 1. The van der Waals surface area contributed by atoms with Gasteiger partial charge in [0.1, 0.15) is 11.1 Å². The minimum Gasteiger partial charge on any atom is -0.422 e. The van der Waals surface area contributed by atoms with E-state index in [1.165, 1.54) is 0 Å². The van der Waals surface area contributed by atoms with Gasteiger partial charge < -0.3 is 19.7 Å². The number of para-hydroxylation sites is 1. The summed E-state index contributed by atoms with van der Waals surface area (Å²) < 4.78 is 5.23. The van der Waals surface area contributed by atoms with Crippen molar-refractivity contribution in [3.8, 4) is 0 Å². The Morgan fingerprint density at radius 1 is 1.10 bits per heavy atom. The van der Waals surface area contributed by atoms with Gasteiger partial charge in [-0.3, -0.25) is 4.79 Å². The summed E-state index contributed by atoms with van der Waals surface area (Å²) in [7, 11) is 0. The number of rotatable bonds is 5. The van der Waals surface area contributed by atoms with Crippen LogP contribution in [0.4, 0.5) is 5.69 Å². The Labute approximate surface area is 168 Å². The lowest BCUT2D eigenvalue weighted by atomic mass is 9.97. The molecule has 0 saturated carbocycles. The second-order valence-corrected chi connectivity index (χ2v) is 7.45. The molecular weight excluding hydrogens is 368 g/mol. The van der Waals surface area contributed by atoms with Gasteiger partial charge in [-0.25, -0.2) is 4.79 Å². The highest BCUT2D eigenvalue weighted by molar-refractivity contribution is 5.96. The first kappa shape index (κ1) is 19.2. The molecule has 2 aromatic carbocycles. The maximum atomic E-state index is 12.5. The zero-order valence-electron chi connectivity index (χ0n) is 16.1. The Hall–Kier alpha value is -3.12. The predicted octanol–water partition coefficient (Wildman–Crippen LogP) is 2.93. The summed E-state index contributed by atoms with van der Waals surface area (Å²) in [5, 5.41) is 12.8. The highest BCUT2D eigenvalue weighted by Crippen LogP contribution is 2.23. The fourth-order valence-electron chi connectivity index (χ4n) is 3.70. The summed E-state index contributed by atoms with van der Waals surface area (Å²) in [4.78, 5) is 26.9. The number of aliphatic hydroxyl groups is 1. The number of fused-ring (bicyclic) bond motifs is 1. The van der Waals surface area contributed by atoms with Crippen molar-refractivity contribution in [2.75, 3.05) is 24.6 Å². The van der Waals surface area contributed by atoms with Gasteiger partial charge in [0.2, 0.25) is 0 Å². The summed E-state index contributed by atoms with van der Waals surface area (Å²) >= 11 is 0. The zero-order chi connectivity index (χ0) is 20.2. The van der Waals surface area contributed by atoms with E-state index in [1.807, 2.05) is 30.3 Å². The average Bonchev–Trinajstić information content (AvgIpc) is 2.77. The number of benzene rings is 2. The number of aliphatic hydroxyl groups excluding tert-OH is 1. The van der Waals surface area contributed by atoms with Crippen molar-refractivity contribution in [3.05, 3.63) is 76.1 Å². The van der Waals surface area contributed by atoms with Crippen molar-refractivity contribution in [2.45, 2.75) is 19.4 Å². The first-order chi connectivity index (χ1) is 14.1. The van der Waals surface area contributed by atoms with E-state index in [4.69, 9.17) is 4.42 Å². The van der Waals surface area contributed by atoms with E-state index in [0.29, 0.717) is 23.4 Å². The second-order valence-electron chi connectivity index (χ2n) is 7.45. The normalized spacial score (nSPS) is 14.9. The van der Waals surface area contributed by atoms with Crippen molar-refractivity contribution >= 4 is 22.6 Å². The summed E-state index contributed by atoms with van der Waals surface area (Å²) in [5.41, 5.74) is 1.94. The molecule has 29 heavy (non-hydrogen) atoms. The van der Waals surface area contributed by atoms with Gasteiger partial charge in [0.25, 0.3) is 5.91 Å². The minimum atomic E-state index is -0.636. The van der Waals surface area contributed by atoms with Gasteiger partial charge in [-0.05, 0) is 48.6 Å². The number of nitrogens with one attached hydrogen (secondary N) is 1. The number of piperidine rings is 1. The van der Waals surface area contributed by atoms with Gasteiger partial charge in [-0.2, -0.15) is 0 Å². The van der Waals surface area contributed by atoms with E-state index in [2.05, 4.69) is 10.2 Å². The molecule has 2 N–H and O–H groups in total. The van der Waals surface area contributed by atoms with Crippen LogP contribution in [0, 0.1) is 5.92 Å². The summed E-state index contributed by atoms with van der Waals surface area (Å²) in [6.07, 6.45) is 2.01. The third-order valence-corrected chi connectivity index (χ3v) is 5.51. The summed E-state index contributed by atoms with van der Waals surface area (Å²) in [5.74, 6) is -0.0341. The SMILES string of the molecule is O=C(NCc1ccc(N2CCC(CO)CC2)cc1)c1cc2ccccc2oc1=O. The second kappa shape index (κ2) is 8.49. The van der Waals surface area contributed by atoms with Gasteiger partial charge in [0.05, 0.1) is 0 Å². The van der Waals surface area contributed by atoms with Crippen LogP contribution in [0.1, 0.15) is 28.8 Å². The van der Waals surface area contributed by atoms with Crippen molar-refractivity contribution < 1.29 is 14.3 Å². The number of carbonyl (C=O) groups excluding carboxylic acids is 1. The molecule has 0 atom stereocenters. The molecule has 150 valence electrons. The van der Waals surface area contributed by atoms with E-state index < -0.39 is 11.5 Å². The van der Waals surface area contributed by atoms with Crippen molar-refractivity contribution in [2.24, 2.45) is 5.92 Å². The smallest absolute Gasteiger partial charge is 0.349 e. The van der Waals surface area contributed by atoms with E-state index >= 15 is 0 Å². The Bertz CT molecular complexity index is 1050. The molecule has 1 saturated heterocycles. The fourth-order valence-corrected chi connectivity index (χ4v) is 3.70. The molecule has 1 aliphatic heterocycles. The minimum absolute atomic E-state index is 0.00655. The molecule has 6 nitrogen and oxygen atoms in total. The molecule has 1 fully saturated rings. The number of nitrogens with zero attached hydrogens (tertiary/aromatic N) is 1. The lowest BCUT2D eigenvalue weighted by Crippen LogP contribution is -2.34. The quantitative estimate of drug-likeness (QED) is 0.653. The molecule has 0 bridgehead atoms. The number of amides is 1. The molecule has 2 heterocycles. The van der Waals surface area contributed by atoms with E-state index in [0.717, 1.165) is 37.2 Å². The van der Waals surface area contributed by atoms with Crippen LogP contribution >= 0.6 is 0 Å². The van der Waals surface area contributed by atoms with Crippen molar-refractivity contribution in [3.63, 3.8) is 0 Å². The molecule has 0 spiro atoms. The van der Waals surface area contributed by atoms with Crippen LogP contribution in [0.3, 0.4) is 0 Å². The number of carbonyl (C=O) groups is 1. The van der Waals surface area contributed by atoms with Gasteiger partial charge in [0, 0.05) is 37.3 Å². The lowest BCUT2D eigenvalue weighted by molar-refractivity contribution is 0.0947. The maximum absolute atomic E-state index is 12.5. The first-order valence-corrected chi connectivity index (χ1v) is 9.90. The molecule has 0 radical (unpaired) electrons. The summed E-state index contributed by atoms with van der Waals surface area (Å²) in [6, 6.07) is 16.7. The Balaban J connectivity index is 1.38. The first-order valence-electron chi connectivity index (χ1n) is 9.90. The predicted molar refractivity (Wildman–Crippen MR) is 112 cm³/mol. The van der Waals surface area contributed by atoms with Crippen LogP contribution in [0.5, 0.6) is 0 Å². The van der Waals surface area contributed by atoms with E-state index in [9.17, 15) is 14.7 Å². The molecule has 1 amide bonds. The molecule has 6 heteroatoms.